The third-order valence-corrected chi connectivity index (χ3v) is 5.67. The molecule has 0 radical (unpaired) electrons. The van der Waals surface area contributed by atoms with E-state index in [2.05, 4.69) is 16.7 Å². The van der Waals surface area contributed by atoms with Crippen molar-refractivity contribution in [2.45, 2.75) is 0 Å². The Morgan fingerprint density at radius 3 is 2.44 bits per heavy atom. The van der Waals surface area contributed by atoms with Gasteiger partial charge in [0.1, 0.15) is 0 Å². The van der Waals surface area contributed by atoms with Gasteiger partial charge in [-0.05, 0) is 18.2 Å². The van der Waals surface area contributed by atoms with Crippen LogP contribution in [-0.4, -0.2) is 48.8 Å². The molecule has 10 nitrogen and oxygen atoms in total. The number of nitro benzene ring substituents is 1. The van der Waals surface area contributed by atoms with E-state index in [9.17, 15) is 15.2 Å². The summed E-state index contributed by atoms with van der Waals surface area (Å²) in [5.41, 5.74) is 0.859. The number of hydrogen-bond acceptors (Lipinski definition) is 9. The van der Waals surface area contributed by atoms with Crippen LogP contribution in [0.4, 0.5) is 5.69 Å². The Labute approximate surface area is 203 Å². The van der Waals surface area contributed by atoms with Crippen molar-refractivity contribution >= 4 is 34.8 Å². The van der Waals surface area contributed by atoms with Gasteiger partial charge in [0, 0.05) is 27.6 Å². The SMILES string of the molecule is C=CCN=c1scc(-c2cc(OC)c(OC)c(OC)c2)n1N=Cc1cc(Cl)cc([N+](=O)[O-])c1O. The summed E-state index contributed by atoms with van der Waals surface area (Å²) in [6, 6.07) is 5.96. The Balaban J connectivity index is 2.21. The molecule has 3 rings (SSSR count). The number of benzene rings is 2. The van der Waals surface area contributed by atoms with Gasteiger partial charge in [0.2, 0.25) is 16.3 Å². The van der Waals surface area contributed by atoms with Crippen LogP contribution in [0.5, 0.6) is 23.0 Å². The predicted octanol–water partition coefficient (Wildman–Crippen LogP) is 4.48. The summed E-state index contributed by atoms with van der Waals surface area (Å²) >= 11 is 7.32. The minimum atomic E-state index is -0.720. The van der Waals surface area contributed by atoms with Crippen LogP contribution in [0.1, 0.15) is 5.56 Å². The molecule has 0 saturated heterocycles. The molecule has 0 unspecified atom stereocenters. The summed E-state index contributed by atoms with van der Waals surface area (Å²) in [5, 5.41) is 27.9. The number of aromatic nitrogens is 1. The molecule has 0 amide bonds. The molecule has 12 heteroatoms. The van der Waals surface area contributed by atoms with Crippen LogP contribution in [0.2, 0.25) is 5.02 Å². The molecular formula is C22H21ClN4O6S. The molecule has 34 heavy (non-hydrogen) atoms. The first-order valence-electron chi connectivity index (χ1n) is 9.68. The van der Waals surface area contributed by atoms with Crippen LogP contribution < -0.4 is 19.0 Å². The van der Waals surface area contributed by atoms with Crippen LogP contribution in [0.25, 0.3) is 11.3 Å². The number of thiazole rings is 1. The largest absolute Gasteiger partial charge is 0.502 e. The van der Waals surface area contributed by atoms with E-state index in [1.807, 2.05) is 5.38 Å². The van der Waals surface area contributed by atoms with Crippen molar-refractivity contribution in [2.75, 3.05) is 27.9 Å². The Kier molecular flexibility index (Phi) is 7.92. The standard InChI is InChI=1S/C22H21ClN4O6S/c1-5-6-24-22-26(25-11-14-7-15(23)10-16(20(14)28)27(29)30)17(12-34-22)13-8-18(31-2)21(33-4)19(9-13)32-3/h5,7-12,28H,1,6H2,2-4H3. The number of phenolic OH excluding ortho intramolecular Hbond substituents is 1. The summed E-state index contributed by atoms with van der Waals surface area (Å²) < 4.78 is 17.8. The lowest BCUT2D eigenvalue weighted by Crippen LogP contribution is -2.12. The lowest BCUT2D eigenvalue weighted by Gasteiger charge is -2.14. The highest BCUT2D eigenvalue weighted by Gasteiger charge is 2.19. The number of hydrogen-bond donors (Lipinski definition) is 1. The Morgan fingerprint density at radius 2 is 1.88 bits per heavy atom. The second-order valence-electron chi connectivity index (χ2n) is 6.62. The van der Waals surface area contributed by atoms with E-state index in [0.717, 1.165) is 6.07 Å². The zero-order chi connectivity index (χ0) is 24.8. The molecule has 0 aliphatic carbocycles. The van der Waals surface area contributed by atoms with Crippen molar-refractivity contribution in [1.29, 1.82) is 0 Å². The van der Waals surface area contributed by atoms with Crippen molar-refractivity contribution < 1.29 is 24.2 Å². The van der Waals surface area contributed by atoms with Crippen molar-refractivity contribution in [3.63, 3.8) is 0 Å². The van der Waals surface area contributed by atoms with Gasteiger partial charge in [-0.1, -0.05) is 17.7 Å². The number of nitro groups is 1. The fourth-order valence-corrected chi connectivity index (χ4v) is 4.12. The zero-order valence-corrected chi connectivity index (χ0v) is 20.1. The first-order valence-corrected chi connectivity index (χ1v) is 10.9. The molecule has 0 saturated carbocycles. The third kappa shape index (κ3) is 5.05. The van der Waals surface area contributed by atoms with Crippen molar-refractivity contribution in [3.8, 4) is 34.3 Å². The van der Waals surface area contributed by atoms with Crippen LogP contribution in [-0.2, 0) is 0 Å². The Morgan fingerprint density at radius 1 is 1.21 bits per heavy atom. The van der Waals surface area contributed by atoms with Crippen molar-refractivity contribution in [2.24, 2.45) is 10.1 Å². The first-order chi connectivity index (χ1) is 16.3. The van der Waals surface area contributed by atoms with Gasteiger partial charge < -0.3 is 19.3 Å². The van der Waals surface area contributed by atoms with E-state index < -0.39 is 16.4 Å². The van der Waals surface area contributed by atoms with Crippen LogP contribution in [0, 0.1) is 10.1 Å². The smallest absolute Gasteiger partial charge is 0.312 e. The van der Waals surface area contributed by atoms with Gasteiger partial charge in [0.25, 0.3) is 0 Å². The second-order valence-corrected chi connectivity index (χ2v) is 7.90. The van der Waals surface area contributed by atoms with E-state index in [1.54, 1.807) is 18.2 Å². The molecule has 178 valence electrons. The Bertz CT molecular complexity index is 1310. The molecule has 0 bridgehead atoms. The molecule has 3 aromatic rings. The monoisotopic (exact) mass is 504 g/mol. The number of ether oxygens (including phenoxy) is 3. The first kappa shape index (κ1) is 24.8. The molecule has 0 atom stereocenters. The van der Waals surface area contributed by atoms with E-state index in [1.165, 1.54) is 49.6 Å². The number of methoxy groups -OCH3 is 3. The summed E-state index contributed by atoms with van der Waals surface area (Å²) in [7, 11) is 4.54. The number of nitrogens with zero attached hydrogens (tertiary/aromatic N) is 4. The van der Waals surface area contributed by atoms with E-state index >= 15 is 0 Å². The fourth-order valence-electron chi connectivity index (χ4n) is 3.05. The van der Waals surface area contributed by atoms with Gasteiger partial charge in [-0.15, -0.1) is 17.9 Å². The highest BCUT2D eigenvalue weighted by Crippen LogP contribution is 2.41. The maximum atomic E-state index is 11.2. The maximum absolute atomic E-state index is 11.2. The van der Waals surface area contributed by atoms with Gasteiger partial charge in [-0.25, -0.2) is 4.68 Å². The number of aromatic hydroxyl groups is 1. The summed E-state index contributed by atoms with van der Waals surface area (Å²) in [4.78, 5) is 15.5. The molecule has 2 aromatic carbocycles. The molecule has 0 aliphatic heterocycles. The minimum absolute atomic E-state index is 0.0726. The quantitative estimate of drug-likeness (QED) is 0.198. The Hall–Kier alpha value is -3.83. The fraction of sp³-hybridized carbons (Fsp3) is 0.182. The van der Waals surface area contributed by atoms with Gasteiger partial charge in [-0.3, -0.25) is 15.1 Å². The van der Waals surface area contributed by atoms with Crippen molar-refractivity contribution in [1.82, 2.24) is 4.68 Å². The number of rotatable bonds is 9. The highest BCUT2D eigenvalue weighted by atomic mass is 35.5. The third-order valence-electron chi connectivity index (χ3n) is 4.59. The zero-order valence-electron chi connectivity index (χ0n) is 18.5. The lowest BCUT2D eigenvalue weighted by molar-refractivity contribution is -0.385. The van der Waals surface area contributed by atoms with Crippen LogP contribution in [0.3, 0.4) is 0 Å². The van der Waals surface area contributed by atoms with Gasteiger partial charge in [0.15, 0.2) is 11.5 Å². The van der Waals surface area contributed by atoms with Gasteiger partial charge in [0.05, 0.1) is 44.7 Å². The average Bonchev–Trinajstić information content (AvgIpc) is 3.24. The highest BCUT2D eigenvalue weighted by molar-refractivity contribution is 7.07. The molecule has 0 spiro atoms. The number of phenols is 1. The van der Waals surface area contributed by atoms with Gasteiger partial charge in [-0.2, -0.15) is 5.10 Å². The molecule has 1 heterocycles. The molecule has 0 fully saturated rings. The molecular weight excluding hydrogens is 484 g/mol. The minimum Gasteiger partial charge on any atom is -0.502 e. The molecule has 0 aliphatic rings. The summed E-state index contributed by atoms with van der Waals surface area (Å²) in [5.74, 6) is 0.789. The van der Waals surface area contributed by atoms with Gasteiger partial charge >= 0.3 is 5.69 Å². The van der Waals surface area contributed by atoms with E-state index in [0.29, 0.717) is 39.9 Å². The number of halogens is 1. The van der Waals surface area contributed by atoms with E-state index in [4.69, 9.17) is 25.8 Å². The molecule has 1 N–H and O–H groups in total. The van der Waals surface area contributed by atoms with Crippen LogP contribution >= 0.6 is 22.9 Å². The topological polar surface area (TPSA) is 121 Å². The summed E-state index contributed by atoms with van der Waals surface area (Å²) in [6.45, 7) is 4.03. The van der Waals surface area contributed by atoms with Crippen LogP contribution in [0.15, 0.2) is 52.4 Å². The lowest BCUT2D eigenvalue weighted by atomic mass is 10.1. The maximum Gasteiger partial charge on any atom is 0.312 e. The second kappa shape index (κ2) is 10.9. The summed E-state index contributed by atoms with van der Waals surface area (Å²) in [6.07, 6.45) is 2.91. The average molecular weight is 505 g/mol. The van der Waals surface area contributed by atoms with Crippen molar-refractivity contribution in [3.05, 3.63) is 67.8 Å². The predicted molar refractivity (Wildman–Crippen MR) is 131 cm³/mol. The normalized spacial score (nSPS) is 11.6. The molecule has 1 aromatic heterocycles. The van der Waals surface area contributed by atoms with E-state index in [-0.39, 0.29) is 10.6 Å².